The molecular weight excluding hydrogens is 162 g/mol. The van der Waals surface area contributed by atoms with Gasteiger partial charge in [0.2, 0.25) is 0 Å². The molecule has 1 aromatic carbocycles. The molecule has 0 aliphatic carbocycles. The van der Waals surface area contributed by atoms with E-state index in [9.17, 15) is 0 Å². The topological polar surface area (TPSA) is 21.3 Å². The lowest BCUT2D eigenvalue weighted by Crippen LogP contribution is -1.99. The monoisotopic (exact) mass is 177 g/mol. The van der Waals surface area contributed by atoms with Gasteiger partial charge in [-0.15, -0.1) is 0 Å². The first-order valence-electron chi connectivity index (χ1n) is 4.20. The molecule has 0 unspecified atom stereocenters. The van der Waals surface area contributed by atoms with Crippen molar-refractivity contribution in [2.45, 2.75) is 13.8 Å². The summed E-state index contributed by atoms with van der Waals surface area (Å²) in [6.07, 6.45) is 0. The second-order valence-electron chi connectivity index (χ2n) is 3.14. The van der Waals surface area contributed by atoms with Crippen molar-refractivity contribution >= 4 is 11.3 Å². The minimum atomic E-state index is 0.968. The van der Waals surface area contributed by atoms with Gasteiger partial charge in [-0.25, -0.2) is 0 Å². The van der Waals surface area contributed by atoms with E-state index in [0.717, 1.165) is 16.8 Å². The van der Waals surface area contributed by atoms with E-state index in [4.69, 9.17) is 4.84 Å². The third kappa shape index (κ3) is 2.33. The van der Waals surface area contributed by atoms with Gasteiger partial charge < -0.3 is 0 Å². The fraction of sp³-hybridized carbons (Fsp3) is 0.273. The lowest BCUT2D eigenvalue weighted by Gasteiger charge is -2.10. The highest BCUT2D eigenvalue weighted by Crippen LogP contribution is 2.23. The molecular formula is C11H15NO. The van der Waals surface area contributed by atoms with E-state index >= 15 is 0 Å². The molecule has 70 valence electrons. The van der Waals surface area contributed by atoms with Gasteiger partial charge in [0, 0.05) is 5.56 Å². The molecule has 0 fully saturated rings. The highest BCUT2D eigenvalue weighted by Gasteiger charge is 2.02. The molecule has 2 heteroatoms. The molecule has 13 heavy (non-hydrogen) atoms. The van der Waals surface area contributed by atoms with Crippen molar-refractivity contribution in [3.8, 4) is 0 Å². The Morgan fingerprint density at radius 1 is 1.46 bits per heavy atom. The van der Waals surface area contributed by atoms with Gasteiger partial charge >= 0.3 is 0 Å². The summed E-state index contributed by atoms with van der Waals surface area (Å²) in [6, 6.07) is 6.14. The molecule has 0 aliphatic rings. The van der Waals surface area contributed by atoms with Crippen molar-refractivity contribution in [2.24, 2.45) is 0 Å². The molecule has 0 heterocycles. The largest absolute Gasteiger partial charge is 0.279 e. The van der Waals surface area contributed by atoms with Crippen LogP contribution in [0.25, 0.3) is 5.57 Å². The summed E-state index contributed by atoms with van der Waals surface area (Å²) in [5.74, 6) is 0. The van der Waals surface area contributed by atoms with Crippen LogP contribution < -0.4 is 5.48 Å². The van der Waals surface area contributed by atoms with E-state index < -0.39 is 0 Å². The first-order chi connectivity index (χ1) is 6.15. The molecule has 0 spiro atoms. The van der Waals surface area contributed by atoms with Crippen LogP contribution in [0.4, 0.5) is 5.69 Å². The summed E-state index contributed by atoms with van der Waals surface area (Å²) in [4.78, 5) is 4.88. The molecule has 1 rings (SSSR count). The Kier molecular flexibility index (Phi) is 3.09. The Morgan fingerprint density at radius 2 is 2.15 bits per heavy atom. The van der Waals surface area contributed by atoms with Crippen LogP contribution in [0.3, 0.4) is 0 Å². The van der Waals surface area contributed by atoms with Crippen molar-refractivity contribution in [3.05, 3.63) is 35.9 Å². The van der Waals surface area contributed by atoms with E-state index in [1.165, 1.54) is 5.56 Å². The molecule has 1 N–H and O–H groups in total. The number of hydrogen-bond donors (Lipinski definition) is 1. The van der Waals surface area contributed by atoms with E-state index in [-0.39, 0.29) is 0 Å². The van der Waals surface area contributed by atoms with Crippen molar-refractivity contribution < 1.29 is 4.84 Å². The number of rotatable bonds is 3. The molecule has 0 aromatic heterocycles. The molecule has 0 amide bonds. The highest BCUT2D eigenvalue weighted by molar-refractivity contribution is 5.73. The van der Waals surface area contributed by atoms with Gasteiger partial charge in [-0.2, -0.15) is 0 Å². The zero-order chi connectivity index (χ0) is 9.84. The Morgan fingerprint density at radius 3 is 2.69 bits per heavy atom. The Bertz CT molecular complexity index is 318. The van der Waals surface area contributed by atoms with Gasteiger partial charge in [0.1, 0.15) is 0 Å². The van der Waals surface area contributed by atoms with E-state index in [1.807, 2.05) is 26.0 Å². The van der Waals surface area contributed by atoms with Gasteiger partial charge in [0.05, 0.1) is 12.8 Å². The zero-order valence-corrected chi connectivity index (χ0v) is 8.35. The summed E-state index contributed by atoms with van der Waals surface area (Å²) in [6.45, 7) is 7.92. The number of aryl methyl sites for hydroxylation is 1. The van der Waals surface area contributed by atoms with Crippen LogP contribution in [-0.2, 0) is 4.84 Å². The second-order valence-corrected chi connectivity index (χ2v) is 3.14. The Labute approximate surface area is 79.2 Å². The average molecular weight is 177 g/mol. The quantitative estimate of drug-likeness (QED) is 0.716. The van der Waals surface area contributed by atoms with Crippen LogP contribution in [0.15, 0.2) is 24.8 Å². The number of hydrogen-bond acceptors (Lipinski definition) is 2. The summed E-state index contributed by atoms with van der Waals surface area (Å²) in [5.41, 5.74) is 7.12. The average Bonchev–Trinajstić information content (AvgIpc) is 2.04. The normalized spacial score (nSPS) is 9.77. The van der Waals surface area contributed by atoms with Crippen molar-refractivity contribution in [3.63, 3.8) is 0 Å². The van der Waals surface area contributed by atoms with E-state index in [2.05, 4.69) is 18.1 Å². The minimum Gasteiger partial charge on any atom is -0.279 e. The van der Waals surface area contributed by atoms with Crippen LogP contribution >= 0.6 is 0 Å². The number of allylic oxidation sites excluding steroid dienone is 1. The Hall–Kier alpha value is -1.28. The van der Waals surface area contributed by atoms with Gasteiger partial charge in [0.25, 0.3) is 0 Å². The first-order valence-corrected chi connectivity index (χ1v) is 4.20. The predicted molar refractivity (Wildman–Crippen MR) is 56.5 cm³/mol. The summed E-state index contributed by atoms with van der Waals surface area (Å²) in [7, 11) is 1.60. The van der Waals surface area contributed by atoms with E-state index in [1.54, 1.807) is 7.11 Å². The van der Waals surface area contributed by atoms with Crippen LogP contribution in [0.2, 0.25) is 0 Å². The van der Waals surface area contributed by atoms with Gasteiger partial charge in [-0.05, 0) is 31.1 Å². The summed E-state index contributed by atoms with van der Waals surface area (Å²) < 4.78 is 0. The highest BCUT2D eigenvalue weighted by atomic mass is 16.6. The number of nitrogens with one attached hydrogen (secondary N) is 1. The number of benzene rings is 1. The van der Waals surface area contributed by atoms with Crippen LogP contribution in [0, 0.1) is 6.92 Å². The Balaban J connectivity index is 3.10. The van der Waals surface area contributed by atoms with Crippen molar-refractivity contribution in [1.29, 1.82) is 0 Å². The number of anilines is 1. The maximum absolute atomic E-state index is 4.88. The third-order valence-electron chi connectivity index (χ3n) is 1.85. The van der Waals surface area contributed by atoms with Crippen molar-refractivity contribution in [2.75, 3.05) is 12.6 Å². The summed E-state index contributed by atoms with van der Waals surface area (Å²) >= 11 is 0. The van der Waals surface area contributed by atoms with Crippen LogP contribution in [0.1, 0.15) is 18.1 Å². The SMILES string of the molecule is C=C(C)c1ccc(C)cc1NOC. The maximum Gasteiger partial charge on any atom is 0.0681 e. The molecule has 1 aromatic rings. The fourth-order valence-electron chi connectivity index (χ4n) is 1.22. The lowest BCUT2D eigenvalue weighted by molar-refractivity contribution is 0.271. The second kappa shape index (κ2) is 4.10. The van der Waals surface area contributed by atoms with Crippen LogP contribution in [0.5, 0.6) is 0 Å². The molecule has 0 aliphatic heterocycles. The van der Waals surface area contributed by atoms with Gasteiger partial charge in [-0.1, -0.05) is 18.7 Å². The summed E-state index contributed by atoms with van der Waals surface area (Å²) in [5, 5.41) is 0. The molecule has 0 saturated heterocycles. The molecule has 0 atom stereocenters. The first kappa shape index (κ1) is 9.81. The standard InChI is InChI=1S/C11H15NO/c1-8(2)10-6-5-9(3)7-11(10)12-13-4/h5-7,12H,1H2,2-4H3. The molecule has 0 saturated carbocycles. The smallest absolute Gasteiger partial charge is 0.0681 e. The van der Waals surface area contributed by atoms with E-state index in [0.29, 0.717) is 0 Å². The zero-order valence-electron chi connectivity index (χ0n) is 8.35. The molecule has 2 nitrogen and oxygen atoms in total. The predicted octanol–water partition coefficient (Wildman–Crippen LogP) is 3.00. The maximum atomic E-state index is 4.88. The van der Waals surface area contributed by atoms with Crippen LogP contribution in [-0.4, -0.2) is 7.11 Å². The molecule has 0 bridgehead atoms. The lowest BCUT2D eigenvalue weighted by atomic mass is 10.0. The minimum absolute atomic E-state index is 0.968. The molecule has 0 radical (unpaired) electrons. The fourth-order valence-corrected chi connectivity index (χ4v) is 1.22. The van der Waals surface area contributed by atoms with Gasteiger partial charge in [-0.3, -0.25) is 10.3 Å². The van der Waals surface area contributed by atoms with Crippen molar-refractivity contribution in [1.82, 2.24) is 0 Å². The third-order valence-corrected chi connectivity index (χ3v) is 1.85. The van der Waals surface area contributed by atoms with Gasteiger partial charge in [0.15, 0.2) is 0 Å².